The molecule has 0 bridgehead atoms. The lowest BCUT2D eigenvalue weighted by Crippen LogP contribution is -2.40. The van der Waals surface area contributed by atoms with E-state index in [0.717, 1.165) is 6.54 Å². The van der Waals surface area contributed by atoms with Crippen LogP contribution in [-0.2, 0) is 6.54 Å². The number of hydrogen-bond donors (Lipinski definition) is 1. The molecule has 0 aliphatic heterocycles. The Kier molecular flexibility index (Phi) is 5.66. The van der Waals surface area contributed by atoms with E-state index < -0.39 is 5.69 Å². The third-order valence-electron chi connectivity index (χ3n) is 4.23. The molecule has 1 aromatic carbocycles. The van der Waals surface area contributed by atoms with E-state index in [4.69, 9.17) is 9.47 Å². The summed E-state index contributed by atoms with van der Waals surface area (Å²) in [5, 5.41) is 0.403. The Bertz CT molecular complexity index is 823. The summed E-state index contributed by atoms with van der Waals surface area (Å²) in [5.74, 6) is 0.924. The molecule has 1 heterocycles. The van der Waals surface area contributed by atoms with Crippen LogP contribution in [0.2, 0.25) is 0 Å². The summed E-state index contributed by atoms with van der Waals surface area (Å²) in [7, 11) is 3.02. The van der Waals surface area contributed by atoms with Gasteiger partial charge in [0, 0.05) is 25.2 Å². The molecule has 7 nitrogen and oxygen atoms in total. The van der Waals surface area contributed by atoms with Gasteiger partial charge in [0.05, 0.1) is 25.1 Å². The van der Waals surface area contributed by atoms with Gasteiger partial charge in [0.15, 0.2) is 11.5 Å². The highest BCUT2D eigenvalue weighted by atomic mass is 16.5. The molecule has 0 spiro atoms. The first-order valence-electron chi connectivity index (χ1n) is 8.05. The van der Waals surface area contributed by atoms with Crippen LogP contribution < -0.4 is 20.7 Å². The number of benzene rings is 1. The molecular formula is C17H25N3O4. The number of fused-ring (bicyclic) bond motifs is 1. The van der Waals surface area contributed by atoms with Gasteiger partial charge >= 0.3 is 5.69 Å². The van der Waals surface area contributed by atoms with Crippen LogP contribution in [0.5, 0.6) is 11.5 Å². The van der Waals surface area contributed by atoms with Crippen molar-refractivity contribution >= 4 is 10.9 Å². The van der Waals surface area contributed by atoms with E-state index in [9.17, 15) is 9.59 Å². The van der Waals surface area contributed by atoms with Gasteiger partial charge in [0.2, 0.25) is 0 Å². The second-order valence-corrected chi connectivity index (χ2v) is 5.86. The van der Waals surface area contributed by atoms with Crippen molar-refractivity contribution in [1.29, 1.82) is 0 Å². The topological polar surface area (TPSA) is 76.6 Å². The van der Waals surface area contributed by atoms with Gasteiger partial charge in [-0.15, -0.1) is 0 Å². The van der Waals surface area contributed by atoms with Gasteiger partial charge in [0.1, 0.15) is 0 Å². The molecule has 0 saturated carbocycles. The summed E-state index contributed by atoms with van der Waals surface area (Å²) in [4.78, 5) is 30.0. The summed E-state index contributed by atoms with van der Waals surface area (Å²) in [6.45, 7) is 8.08. The van der Waals surface area contributed by atoms with Crippen molar-refractivity contribution in [2.45, 2.75) is 33.4 Å². The molecule has 0 aliphatic rings. The highest BCUT2D eigenvalue weighted by Gasteiger charge is 2.14. The summed E-state index contributed by atoms with van der Waals surface area (Å²) in [6, 6.07) is 3.56. The third kappa shape index (κ3) is 3.46. The number of H-pyrrole nitrogens is 1. The Morgan fingerprint density at radius 1 is 1.17 bits per heavy atom. The van der Waals surface area contributed by atoms with Crippen LogP contribution in [0.25, 0.3) is 10.9 Å². The average Bonchev–Trinajstić information content (AvgIpc) is 2.56. The van der Waals surface area contributed by atoms with Gasteiger partial charge in [-0.25, -0.2) is 4.79 Å². The first kappa shape index (κ1) is 18.1. The van der Waals surface area contributed by atoms with Gasteiger partial charge in [-0.05, 0) is 26.5 Å². The van der Waals surface area contributed by atoms with Crippen molar-refractivity contribution in [1.82, 2.24) is 14.5 Å². The van der Waals surface area contributed by atoms with E-state index in [1.165, 1.54) is 18.8 Å². The van der Waals surface area contributed by atoms with Gasteiger partial charge in [-0.3, -0.25) is 14.3 Å². The molecule has 1 aromatic heterocycles. The number of aromatic amines is 1. The largest absolute Gasteiger partial charge is 0.493 e. The maximum absolute atomic E-state index is 12.7. The summed E-state index contributed by atoms with van der Waals surface area (Å²) >= 11 is 0. The van der Waals surface area contributed by atoms with E-state index in [-0.39, 0.29) is 5.56 Å². The molecule has 0 unspecified atom stereocenters. The van der Waals surface area contributed by atoms with Crippen molar-refractivity contribution in [3.63, 3.8) is 0 Å². The second kappa shape index (κ2) is 7.53. The van der Waals surface area contributed by atoms with Crippen molar-refractivity contribution < 1.29 is 9.47 Å². The number of aromatic nitrogens is 2. The van der Waals surface area contributed by atoms with Crippen molar-refractivity contribution in [3.8, 4) is 11.5 Å². The molecule has 0 amide bonds. The Labute approximate surface area is 140 Å². The smallest absolute Gasteiger partial charge is 0.328 e. The monoisotopic (exact) mass is 335 g/mol. The summed E-state index contributed by atoms with van der Waals surface area (Å²) in [6.07, 6.45) is 0. The minimum absolute atomic E-state index is 0.325. The van der Waals surface area contributed by atoms with E-state index in [0.29, 0.717) is 41.5 Å². The fraction of sp³-hybridized carbons (Fsp3) is 0.529. The molecular weight excluding hydrogens is 310 g/mol. The molecule has 132 valence electrons. The van der Waals surface area contributed by atoms with Gasteiger partial charge in [-0.2, -0.15) is 0 Å². The zero-order valence-electron chi connectivity index (χ0n) is 14.9. The fourth-order valence-corrected chi connectivity index (χ4v) is 2.79. The van der Waals surface area contributed by atoms with E-state index in [1.807, 2.05) is 0 Å². The molecule has 1 N–H and O–H groups in total. The zero-order chi connectivity index (χ0) is 17.9. The Morgan fingerprint density at radius 3 is 2.33 bits per heavy atom. The predicted molar refractivity (Wildman–Crippen MR) is 94.3 cm³/mol. The number of likely N-dealkylation sites (N-methyl/N-ethyl adjacent to an activating group) is 1. The number of nitrogens with zero attached hydrogens (tertiary/aromatic N) is 2. The molecule has 0 fully saturated rings. The molecule has 2 aromatic rings. The standard InChI is InChI=1S/C17H25N3O4/c1-6-19(11(2)3)7-8-20-16(21)12-9-14(23-4)15(24-5)10-13(12)18-17(20)22/h9-11H,6-8H2,1-5H3,(H,18,22). The van der Waals surface area contributed by atoms with Crippen LogP contribution in [-0.4, -0.2) is 47.8 Å². The van der Waals surface area contributed by atoms with Crippen molar-refractivity contribution in [2.75, 3.05) is 27.3 Å². The Hall–Kier alpha value is -2.28. The lowest BCUT2D eigenvalue weighted by Gasteiger charge is -2.24. The number of nitrogens with one attached hydrogen (secondary N) is 1. The van der Waals surface area contributed by atoms with Crippen molar-refractivity contribution in [3.05, 3.63) is 33.0 Å². The van der Waals surface area contributed by atoms with Gasteiger partial charge in [-0.1, -0.05) is 6.92 Å². The maximum atomic E-state index is 12.7. The van der Waals surface area contributed by atoms with Crippen LogP contribution in [0.3, 0.4) is 0 Å². The predicted octanol–water partition coefficient (Wildman–Crippen LogP) is 1.44. The minimum Gasteiger partial charge on any atom is -0.493 e. The average molecular weight is 335 g/mol. The van der Waals surface area contributed by atoms with Crippen LogP contribution in [0.4, 0.5) is 0 Å². The first-order chi connectivity index (χ1) is 11.4. The van der Waals surface area contributed by atoms with Crippen LogP contribution >= 0.6 is 0 Å². The fourth-order valence-electron chi connectivity index (χ4n) is 2.79. The number of hydrogen-bond acceptors (Lipinski definition) is 5. The highest BCUT2D eigenvalue weighted by molar-refractivity contribution is 5.81. The molecule has 0 radical (unpaired) electrons. The number of rotatable bonds is 7. The van der Waals surface area contributed by atoms with Gasteiger partial charge in [0.25, 0.3) is 5.56 Å². The lowest BCUT2D eigenvalue weighted by molar-refractivity contribution is 0.222. The quantitative estimate of drug-likeness (QED) is 0.828. The maximum Gasteiger partial charge on any atom is 0.328 e. The lowest BCUT2D eigenvalue weighted by atomic mass is 10.2. The number of methoxy groups -OCH3 is 2. The molecule has 0 aliphatic carbocycles. The highest BCUT2D eigenvalue weighted by Crippen LogP contribution is 2.29. The Morgan fingerprint density at radius 2 is 1.79 bits per heavy atom. The Balaban J connectivity index is 2.49. The molecule has 2 rings (SSSR count). The van der Waals surface area contributed by atoms with E-state index in [2.05, 4.69) is 30.7 Å². The van der Waals surface area contributed by atoms with Crippen LogP contribution in [0.1, 0.15) is 20.8 Å². The van der Waals surface area contributed by atoms with Crippen molar-refractivity contribution in [2.24, 2.45) is 0 Å². The molecule has 0 atom stereocenters. The first-order valence-corrected chi connectivity index (χ1v) is 8.05. The number of ether oxygens (including phenoxy) is 2. The second-order valence-electron chi connectivity index (χ2n) is 5.86. The summed E-state index contributed by atoms with van der Waals surface area (Å²) in [5.41, 5.74) is -0.302. The third-order valence-corrected chi connectivity index (χ3v) is 4.23. The van der Waals surface area contributed by atoms with Crippen LogP contribution in [0, 0.1) is 0 Å². The normalized spacial score (nSPS) is 11.5. The van der Waals surface area contributed by atoms with E-state index in [1.54, 1.807) is 12.1 Å². The molecule has 7 heteroatoms. The van der Waals surface area contributed by atoms with E-state index >= 15 is 0 Å². The SMILES string of the molecule is CCN(CCn1c(=O)[nH]c2cc(OC)c(OC)cc2c1=O)C(C)C. The summed E-state index contributed by atoms with van der Waals surface area (Å²) < 4.78 is 11.7. The molecule has 0 saturated heterocycles. The zero-order valence-corrected chi connectivity index (χ0v) is 14.9. The van der Waals surface area contributed by atoms with Gasteiger partial charge < -0.3 is 14.5 Å². The van der Waals surface area contributed by atoms with Crippen LogP contribution in [0.15, 0.2) is 21.7 Å². The molecule has 24 heavy (non-hydrogen) atoms. The minimum atomic E-state index is -0.417.